The van der Waals surface area contributed by atoms with Gasteiger partial charge in [0.25, 0.3) is 0 Å². The number of pyridine rings is 1. The van der Waals surface area contributed by atoms with Crippen molar-refractivity contribution in [3.8, 4) is 0 Å². The molecule has 0 spiro atoms. The van der Waals surface area contributed by atoms with Crippen LogP contribution in [-0.4, -0.2) is 24.8 Å². The number of aromatic nitrogens is 1. The Hall–Kier alpha value is -1.30. The highest BCUT2D eigenvalue weighted by molar-refractivity contribution is 5.50. The number of aryl methyl sites for hydroxylation is 2. The number of nitrogens with two attached hydrogens (primary N) is 1. The molecule has 0 saturated heterocycles. The average molecular weight is 287 g/mol. The molecule has 1 aliphatic rings. The fraction of sp³-hybridized carbons (Fsp3) is 0.643. The summed E-state index contributed by atoms with van der Waals surface area (Å²) in [5.41, 5.74) is 8.76. The van der Waals surface area contributed by atoms with E-state index in [9.17, 15) is 13.2 Å². The van der Waals surface area contributed by atoms with Gasteiger partial charge in [0, 0.05) is 31.4 Å². The van der Waals surface area contributed by atoms with Gasteiger partial charge in [0.2, 0.25) is 0 Å². The lowest BCUT2D eigenvalue weighted by atomic mass is 9.94. The second-order valence-corrected chi connectivity index (χ2v) is 5.27. The molecule has 6 heteroatoms. The first kappa shape index (κ1) is 15.1. The Bertz CT molecular complexity index is 471. The maximum absolute atomic E-state index is 12.3. The van der Waals surface area contributed by atoms with Gasteiger partial charge in [-0.25, -0.2) is 4.98 Å². The summed E-state index contributed by atoms with van der Waals surface area (Å²) in [4.78, 5) is 6.12. The number of anilines is 1. The van der Waals surface area contributed by atoms with E-state index in [1.54, 1.807) is 11.9 Å². The molecule has 1 aromatic rings. The van der Waals surface area contributed by atoms with Crippen molar-refractivity contribution < 1.29 is 13.2 Å². The second-order valence-electron chi connectivity index (χ2n) is 5.27. The highest BCUT2D eigenvalue weighted by atomic mass is 19.4. The lowest BCUT2D eigenvalue weighted by Gasteiger charge is -2.25. The van der Waals surface area contributed by atoms with Crippen LogP contribution in [0.2, 0.25) is 0 Å². The summed E-state index contributed by atoms with van der Waals surface area (Å²) in [7, 11) is 1.64. The molecule has 112 valence electrons. The van der Waals surface area contributed by atoms with Crippen molar-refractivity contribution in [1.82, 2.24) is 4.98 Å². The maximum atomic E-state index is 12.3. The van der Waals surface area contributed by atoms with Gasteiger partial charge in [-0.2, -0.15) is 13.2 Å². The fourth-order valence-corrected chi connectivity index (χ4v) is 2.55. The van der Waals surface area contributed by atoms with E-state index in [1.807, 2.05) is 6.07 Å². The Balaban J connectivity index is 2.21. The van der Waals surface area contributed by atoms with E-state index in [-0.39, 0.29) is 6.54 Å². The topological polar surface area (TPSA) is 42.2 Å². The van der Waals surface area contributed by atoms with Gasteiger partial charge in [0.05, 0.1) is 6.42 Å². The van der Waals surface area contributed by atoms with Crippen molar-refractivity contribution >= 4 is 5.82 Å². The summed E-state index contributed by atoms with van der Waals surface area (Å²) in [6.07, 6.45) is -0.866. The van der Waals surface area contributed by atoms with Crippen molar-refractivity contribution in [1.29, 1.82) is 0 Å². The third kappa shape index (κ3) is 3.62. The third-order valence-electron chi connectivity index (χ3n) is 3.67. The summed E-state index contributed by atoms with van der Waals surface area (Å²) >= 11 is 0. The van der Waals surface area contributed by atoms with E-state index in [1.165, 1.54) is 5.56 Å². The minimum atomic E-state index is -4.15. The van der Waals surface area contributed by atoms with Crippen LogP contribution in [0.15, 0.2) is 6.07 Å². The Morgan fingerprint density at radius 2 is 2.00 bits per heavy atom. The molecule has 0 unspecified atom stereocenters. The molecule has 0 fully saturated rings. The van der Waals surface area contributed by atoms with Crippen LogP contribution in [0.4, 0.5) is 19.0 Å². The van der Waals surface area contributed by atoms with E-state index in [0.29, 0.717) is 12.4 Å². The molecular formula is C14H20F3N3. The lowest BCUT2D eigenvalue weighted by molar-refractivity contribution is -0.132. The molecule has 0 atom stereocenters. The minimum Gasteiger partial charge on any atom is -0.359 e. The molecule has 0 bridgehead atoms. The van der Waals surface area contributed by atoms with E-state index in [4.69, 9.17) is 5.73 Å². The van der Waals surface area contributed by atoms with Gasteiger partial charge in [-0.15, -0.1) is 0 Å². The number of rotatable bonds is 4. The summed E-state index contributed by atoms with van der Waals surface area (Å²) in [5, 5.41) is 0. The van der Waals surface area contributed by atoms with E-state index in [0.717, 1.165) is 36.9 Å². The Morgan fingerprint density at radius 3 is 2.65 bits per heavy atom. The van der Waals surface area contributed by atoms with Gasteiger partial charge < -0.3 is 10.6 Å². The zero-order valence-electron chi connectivity index (χ0n) is 11.6. The van der Waals surface area contributed by atoms with Gasteiger partial charge in [0.1, 0.15) is 5.82 Å². The minimum absolute atomic E-state index is 0.0950. The predicted molar refractivity (Wildman–Crippen MR) is 72.7 cm³/mol. The van der Waals surface area contributed by atoms with Crippen LogP contribution in [0.5, 0.6) is 0 Å². The number of nitrogens with zero attached hydrogens (tertiary/aromatic N) is 2. The summed E-state index contributed by atoms with van der Waals surface area (Å²) < 4.78 is 36.9. The van der Waals surface area contributed by atoms with Crippen LogP contribution in [0, 0.1) is 0 Å². The Morgan fingerprint density at radius 1 is 1.30 bits per heavy atom. The quantitative estimate of drug-likeness (QED) is 0.926. The highest BCUT2D eigenvalue weighted by Crippen LogP contribution is 2.27. The Labute approximate surface area is 117 Å². The molecule has 0 saturated carbocycles. The lowest BCUT2D eigenvalue weighted by Crippen LogP contribution is -2.27. The van der Waals surface area contributed by atoms with Crippen LogP contribution in [0.3, 0.4) is 0 Å². The molecule has 0 radical (unpaired) electrons. The van der Waals surface area contributed by atoms with Crippen molar-refractivity contribution in [2.45, 2.75) is 44.8 Å². The largest absolute Gasteiger partial charge is 0.390 e. The van der Waals surface area contributed by atoms with Crippen LogP contribution >= 0.6 is 0 Å². The molecule has 1 aliphatic carbocycles. The number of hydrogen-bond acceptors (Lipinski definition) is 3. The van der Waals surface area contributed by atoms with Crippen LogP contribution < -0.4 is 10.6 Å². The van der Waals surface area contributed by atoms with Gasteiger partial charge in [-0.1, -0.05) is 0 Å². The first-order valence-electron chi connectivity index (χ1n) is 6.90. The zero-order valence-corrected chi connectivity index (χ0v) is 11.6. The van der Waals surface area contributed by atoms with E-state index < -0.39 is 12.6 Å². The molecule has 20 heavy (non-hydrogen) atoms. The fourth-order valence-electron chi connectivity index (χ4n) is 2.55. The van der Waals surface area contributed by atoms with Gasteiger partial charge in [0.15, 0.2) is 0 Å². The SMILES string of the molecule is CN(CCC(F)(F)F)c1nc2c(cc1CN)CCCC2. The van der Waals surface area contributed by atoms with Crippen molar-refractivity contribution in [3.05, 3.63) is 22.9 Å². The van der Waals surface area contributed by atoms with Gasteiger partial charge >= 0.3 is 6.18 Å². The molecule has 0 aliphatic heterocycles. The monoisotopic (exact) mass is 287 g/mol. The highest BCUT2D eigenvalue weighted by Gasteiger charge is 2.28. The normalized spacial score (nSPS) is 15.1. The molecule has 3 nitrogen and oxygen atoms in total. The Kier molecular flexibility index (Phi) is 4.52. The second kappa shape index (κ2) is 5.99. The molecule has 0 aromatic carbocycles. The molecule has 0 amide bonds. The summed E-state index contributed by atoms with van der Waals surface area (Å²) in [5.74, 6) is 0.595. The average Bonchev–Trinajstić information content (AvgIpc) is 2.42. The van der Waals surface area contributed by atoms with Crippen LogP contribution in [0.25, 0.3) is 0 Å². The smallest absolute Gasteiger partial charge is 0.359 e. The predicted octanol–water partition coefficient (Wildman–Crippen LogP) is 2.81. The van der Waals surface area contributed by atoms with Crippen molar-refractivity contribution in [3.63, 3.8) is 0 Å². The standard InChI is InChI=1S/C14H20F3N3/c1-20(7-6-14(15,16)17)13-11(9-18)8-10-4-2-3-5-12(10)19-13/h8H,2-7,9,18H2,1H3. The van der Waals surface area contributed by atoms with E-state index >= 15 is 0 Å². The van der Waals surface area contributed by atoms with Crippen LogP contribution in [-0.2, 0) is 19.4 Å². The number of alkyl halides is 3. The third-order valence-corrected chi connectivity index (χ3v) is 3.67. The number of halogens is 3. The molecule has 2 rings (SSSR count). The summed E-state index contributed by atoms with van der Waals surface area (Å²) in [6, 6.07) is 2.01. The number of hydrogen-bond donors (Lipinski definition) is 1. The molecule has 2 N–H and O–H groups in total. The number of fused-ring (bicyclic) bond motifs is 1. The first-order valence-corrected chi connectivity index (χ1v) is 6.90. The maximum Gasteiger partial charge on any atom is 0.390 e. The molecule has 1 aromatic heterocycles. The van der Waals surface area contributed by atoms with Gasteiger partial charge in [-0.05, 0) is 37.3 Å². The first-order chi connectivity index (χ1) is 9.40. The molecule has 1 heterocycles. The van der Waals surface area contributed by atoms with Crippen molar-refractivity contribution in [2.24, 2.45) is 5.73 Å². The van der Waals surface area contributed by atoms with Crippen molar-refractivity contribution in [2.75, 3.05) is 18.5 Å². The summed E-state index contributed by atoms with van der Waals surface area (Å²) in [6.45, 7) is 0.203. The zero-order chi connectivity index (χ0) is 14.8. The molecular weight excluding hydrogens is 267 g/mol. The van der Waals surface area contributed by atoms with Gasteiger partial charge in [-0.3, -0.25) is 0 Å². The van der Waals surface area contributed by atoms with E-state index in [2.05, 4.69) is 4.98 Å². The van der Waals surface area contributed by atoms with Crippen LogP contribution in [0.1, 0.15) is 36.1 Å².